The number of benzene rings is 1. The van der Waals surface area contributed by atoms with Crippen LogP contribution in [0.25, 0.3) is 22.4 Å². The fourth-order valence-electron chi connectivity index (χ4n) is 3.28. The maximum Gasteiger partial charge on any atom is 0.229 e. The molecule has 3 heterocycles. The first kappa shape index (κ1) is 16.2. The lowest BCUT2D eigenvalue weighted by atomic mass is 10.1. The third-order valence-electron chi connectivity index (χ3n) is 4.78. The summed E-state index contributed by atoms with van der Waals surface area (Å²) in [5.74, 6) is 1.48. The quantitative estimate of drug-likeness (QED) is 0.710. The zero-order valence-corrected chi connectivity index (χ0v) is 14.9. The molecule has 7 heteroatoms. The molecule has 1 aliphatic heterocycles. The van der Waals surface area contributed by atoms with Gasteiger partial charge in [-0.05, 0) is 44.1 Å². The van der Waals surface area contributed by atoms with Crippen LogP contribution >= 0.6 is 0 Å². The van der Waals surface area contributed by atoms with Crippen molar-refractivity contribution in [2.24, 2.45) is 0 Å². The topological polar surface area (TPSA) is 72.9 Å². The molecule has 3 aromatic rings. The van der Waals surface area contributed by atoms with E-state index < -0.39 is 0 Å². The summed E-state index contributed by atoms with van der Waals surface area (Å²) in [6, 6.07) is 6.04. The average molecular weight is 340 g/mol. The van der Waals surface area contributed by atoms with Gasteiger partial charge in [0.15, 0.2) is 0 Å². The second kappa shape index (κ2) is 6.92. The first-order valence-corrected chi connectivity index (χ1v) is 9.10. The fraction of sp³-hybridized carbons (Fsp3) is 0.556. The molecule has 0 atom stereocenters. The number of fused-ring (bicyclic) bond motifs is 1. The van der Waals surface area contributed by atoms with Crippen LogP contribution in [0.4, 0.5) is 0 Å². The van der Waals surface area contributed by atoms with Gasteiger partial charge in [-0.2, -0.15) is 4.98 Å². The molecule has 4 rings (SSSR count). The van der Waals surface area contributed by atoms with Crippen LogP contribution in [0.2, 0.25) is 0 Å². The summed E-state index contributed by atoms with van der Waals surface area (Å²) in [5, 5.41) is 12.7. The van der Waals surface area contributed by atoms with Crippen LogP contribution in [-0.4, -0.2) is 49.7 Å². The lowest BCUT2D eigenvalue weighted by Crippen LogP contribution is -2.32. The van der Waals surface area contributed by atoms with E-state index in [1.807, 2.05) is 36.7 Å². The molecular formula is C18H24N6O. The van der Waals surface area contributed by atoms with Crippen molar-refractivity contribution in [1.82, 2.24) is 30.0 Å². The summed E-state index contributed by atoms with van der Waals surface area (Å²) in [4.78, 5) is 6.96. The number of hydrogen-bond donors (Lipinski definition) is 0. The molecule has 1 saturated heterocycles. The largest absolute Gasteiger partial charge is 0.339 e. The Morgan fingerprint density at radius 2 is 1.96 bits per heavy atom. The van der Waals surface area contributed by atoms with E-state index in [0.717, 1.165) is 29.7 Å². The molecule has 0 unspecified atom stereocenters. The molecule has 1 fully saturated rings. The highest BCUT2D eigenvalue weighted by atomic mass is 16.5. The second-order valence-electron chi connectivity index (χ2n) is 7.03. The van der Waals surface area contributed by atoms with Gasteiger partial charge in [-0.1, -0.05) is 30.6 Å². The van der Waals surface area contributed by atoms with Crippen LogP contribution < -0.4 is 0 Å². The molecule has 0 saturated carbocycles. The Kier molecular flexibility index (Phi) is 4.48. The number of aromatic nitrogens is 5. The third-order valence-corrected chi connectivity index (χ3v) is 4.78. The lowest BCUT2D eigenvalue weighted by Gasteiger charge is -2.26. The van der Waals surface area contributed by atoms with Crippen molar-refractivity contribution in [3.63, 3.8) is 0 Å². The molecular weight excluding hydrogens is 316 g/mol. The van der Waals surface area contributed by atoms with Gasteiger partial charge in [0.2, 0.25) is 11.7 Å². The molecule has 0 aliphatic carbocycles. The summed E-state index contributed by atoms with van der Waals surface area (Å²) < 4.78 is 7.29. The van der Waals surface area contributed by atoms with E-state index in [2.05, 4.69) is 25.4 Å². The van der Waals surface area contributed by atoms with E-state index in [9.17, 15) is 0 Å². The van der Waals surface area contributed by atoms with Crippen molar-refractivity contribution in [3.8, 4) is 11.4 Å². The van der Waals surface area contributed by atoms with Crippen LogP contribution in [0.5, 0.6) is 0 Å². The normalized spacial score (nSPS) is 16.1. The average Bonchev–Trinajstić information content (AvgIpc) is 3.28. The van der Waals surface area contributed by atoms with Gasteiger partial charge in [0.1, 0.15) is 5.52 Å². The monoisotopic (exact) mass is 340 g/mol. The lowest BCUT2D eigenvalue weighted by molar-refractivity contribution is 0.218. The SMILES string of the molecule is CC(C)c1nc(-c2ccc3c(c2)nnn3CCN2CCCCC2)no1. The van der Waals surface area contributed by atoms with Crippen LogP contribution in [0.3, 0.4) is 0 Å². The van der Waals surface area contributed by atoms with E-state index in [-0.39, 0.29) is 5.92 Å². The summed E-state index contributed by atoms with van der Waals surface area (Å²) in [7, 11) is 0. The van der Waals surface area contributed by atoms with Crippen LogP contribution in [0.1, 0.15) is 44.9 Å². The van der Waals surface area contributed by atoms with E-state index in [1.54, 1.807) is 0 Å². The highest BCUT2D eigenvalue weighted by molar-refractivity contribution is 5.79. The van der Waals surface area contributed by atoms with Gasteiger partial charge in [-0.25, -0.2) is 4.68 Å². The van der Waals surface area contributed by atoms with Crippen molar-refractivity contribution < 1.29 is 4.52 Å². The molecule has 1 aliphatic rings. The zero-order chi connectivity index (χ0) is 17.2. The van der Waals surface area contributed by atoms with Crippen molar-refractivity contribution in [1.29, 1.82) is 0 Å². The van der Waals surface area contributed by atoms with Gasteiger partial charge >= 0.3 is 0 Å². The number of rotatable bonds is 5. The zero-order valence-electron chi connectivity index (χ0n) is 14.9. The first-order chi connectivity index (χ1) is 12.2. The Balaban J connectivity index is 1.51. The predicted octanol–water partition coefficient (Wildman–Crippen LogP) is 3.09. The Labute approximate surface area is 147 Å². The smallest absolute Gasteiger partial charge is 0.229 e. The highest BCUT2D eigenvalue weighted by Gasteiger charge is 2.14. The maximum absolute atomic E-state index is 5.30. The summed E-state index contributed by atoms with van der Waals surface area (Å²) in [5.41, 5.74) is 2.83. The van der Waals surface area contributed by atoms with Crippen molar-refractivity contribution in [2.45, 2.75) is 45.6 Å². The minimum Gasteiger partial charge on any atom is -0.339 e. The first-order valence-electron chi connectivity index (χ1n) is 9.10. The maximum atomic E-state index is 5.30. The molecule has 0 amide bonds. The van der Waals surface area contributed by atoms with Gasteiger partial charge < -0.3 is 9.42 Å². The van der Waals surface area contributed by atoms with Crippen molar-refractivity contribution in [2.75, 3.05) is 19.6 Å². The van der Waals surface area contributed by atoms with E-state index in [4.69, 9.17) is 4.52 Å². The number of piperidine rings is 1. The number of hydrogen-bond acceptors (Lipinski definition) is 6. The second-order valence-corrected chi connectivity index (χ2v) is 7.03. The Morgan fingerprint density at radius 3 is 2.72 bits per heavy atom. The minimum atomic E-state index is 0.223. The fourth-order valence-corrected chi connectivity index (χ4v) is 3.28. The molecule has 0 bridgehead atoms. The standard InChI is InChI=1S/C18H24N6O/c1-13(2)18-19-17(21-25-18)14-6-7-16-15(12-14)20-22-24(16)11-10-23-8-4-3-5-9-23/h6-7,12-13H,3-5,8-11H2,1-2H3. The molecule has 0 spiro atoms. The molecule has 2 aromatic heterocycles. The predicted molar refractivity (Wildman–Crippen MR) is 95.2 cm³/mol. The highest BCUT2D eigenvalue weighted by Crippen LogP contribution is 2.23. The molecule has 1 aromatic carbocycles. The van der Waals surface area contributed by atoms with Crippen LogP contribution in [0.15, 0.2) is 22.7 Å². The van der Waals surface area contributed by atoms with Crippen molar-refractivity contribution in [3.05, 3.63) is 24.1 Å². The van der Waals surface area contributed by atoms with Gasteiger partial charge in [0.05, 0.1) is 12.1 Å². The van der Waals surface area contributed by atoms with Crippen LogP contribution in [0, 0.1) is 0 Å². The summed E-state index contributed by atoms with van der Waals surface area (Å²) >= 11 is 0. The minimum absolute atomic E-state index is 0.223. The van der Waals surface area contributed by atoms with Crippen molar-refractivity contribution >= 4 is 11.0 Å². The number of likely N-dealkylation sites (tertiary alicyclic amines) is 1. The molecule has 0 radical (unpaired) electrons. The molecule has 132 valence electrons. The third kappa shape index (κ3) is 3.42. The van der Waals surface area contributed by atoms with Gasteiger partial charge in [-0.3, -0.25) is 0 Å². The van der Waals surface area contributed by atoms with Crippen LogP contribution in [-0.2, 0) is 6.54 Å². The van der Waals surface area contributed by atoms with Gasteiger partial charge in [0, 0.05) is 18.0 Å². The molecule has 7 nitrogen and oxygen atoms in total. The molecule has 25 heavy (non-hydrogen) atoms. The number of nitrogens with zero attached hydrogens (tertiary/aromatic N) is 6. The van der Waals surface area contributed by atoms with Gasteiger partial charge in [-0.15, -0.1) is 5.10 Å². The Bertz CT molecular complexity index is 846. The van der Waals surface area contributed by atoms with E-state index in [1.165, 1.54) is 32.4 Å². The Hall–Kier alpha value is -2.28. The Morgan fingerprint density at radius 1 is 1.12 bits per heavy atom. The van der Waals surface area contributed by atoms with E-state index >= 15 is 0 Å². The van der Waals surface area contributed by atoms with Gasteiger partial charge in [0.25, 0.3) is 0 Å². The summed E-state index contributed by atoms with van der Waals surface area (Å²) in [6.07, 6.45) is 3.98. The summed E-state index contributed by atoms with van der Waals surface area (Å²) in [6.45, 7) is 8.38. The van der Waals surface area contributed by atoms with E-state index in [0.29, 0.717) is 11.7 Å². The molecule has 0 N–H and O–H groups in total.